The first kappa shape index (κ1) is 18.3. The van der Waals surface area contributed by atoms with E-state index in [9.17, 15) is 23.2 Å². The lowest BCUT2D eigenvalue weighted by atomic mass is 10.1. The first-order chi connectivity index (χ1) is 12.9. The van der Waals surface area contributed by atoms with Crippen molar-refractivity contribution < 1.29 is 27.9 Å². The van der Waals surface area contributed by atoms with Gasteiger partial charge in [0.2, 0.25) is 5.91 Å². The number of alkyl halides is 2. The predicted octanol–water partition coefficient (Wildman–Crippen LogP) is 2.59. The summed E-state index contributed by atoms with van der Waals surface area (Å²) in [5.41, 5.74) is 1.49. The maximum absolute atomic E-state index is 12.2. The van der Waals surface area contributed by atoms with Crippen LogP contribution in [0.5, 0.6) is 5.75 Å². The topological polar surface area (TPSA) is 87.7 Å². The highest BCUT2D eigenvalue weighted by atomic mass is 19.3. The van der Waals surface area contributed by atoms with Gasteiger partial charge in [-0.25, -0.2) is 4.79 Å². The zero-order chi connectivity index (χ0) is 19.4. The minimum Gasteiger partial charge on any atom is -0.435 e. The first-order valence-electron chi connectivity index (χ1n) is 7.96. The van der Waals surface area contributed by atoms with E-state index in [1.807, 2.05) is 0 Å². The fourth-order valence-corrected chi connectivity index (χ4v) is 2.48. The molecule has 3 rings (SSSR count). The van der Waals surface area contributed by atoms with Gasteiger partial charge in [-0.3, -0.25) is 14.5 Å². The molecule has 2 aromatic rings. The number of benzene rings is 2. The van der Waals surface area contributed by atoms with Crippen molar-refractivity contribution in [2.75, 3.05) is 11.9 Å². The Bertz CT molecular complexity index is 838. The number of halogens is 2. The number of hydrogen-bond acceptors (Lipinski definition) is 4. The molecule has 1 saturated heterocycles. The lowest BCUT2D eigenvalue weighted by Crippen LogP contribution is -2.30. The van der Waals surface area contributed by atoms with Crippen LogP contribution in [0.15, 0.2) is 48.5 Å². The summed E-state index contributed by atoms with van der Waals surface area (Å²) < 4.78 is 28.5. The normalized spacial score (nSPS) is 13.7. The zero-order valence-corrected chi connectivity index (χ0v) is 13.9. The number of carbonyl (C=O) groups excluding carboxylic acids is 3. The van der Waals surface area contributed by atoms with E-state index < -0.39 is 12.6 Å². The maximum atomic E-state index is 12.2. The molecule has 140 valence electrons. The van der Waals surface area contributed by atoms with Crippen LogP contribution in [0, 0.1) is 0 Å². The molecule has 0 bridgehead atoms. The van der Waals surface area contributed by atoms with Crippen LogP contribution in [-0.4, -0.2) is 35.9 Å². The largest absolute Gasteiger partial charge is 0.435 e. The number of urea groups is 1. The second kappa shape index (κ2) is 7.81. The van der Waals surface area contributed by atoms with Gasteiger partial charge in [0, 0.05) is 11.3 Å². The molecule has 7 nitrogen and oxygen atoms in total. The highest BCUT2D eigenvalue weighted by Crippen LogP contribution is 2.18. The Balaban J connectivity index is 1.60. The van der Waals surface area contributed by atoms with E-state index in [1.54, 1.807) is 24.3 Å². The molecule has 0 aromatic heterocycles. The van der Waals surface area contributed by atoms with Crippen molar-refractivity contribution in [2.24, 2.45) is 0 Å². The Morgan fingerprint density at radius 2 is 1.78 bits per heavy atom. The number of rotatable bonds is 6. The van der Waals surface area contributed by atoms with E-state index in [1.165, 1.54) is 24.3 Å². The number of anilines is 1. The monoisotopic (exact) mass is 375 g/mol. The molecule has 2 aromatic carbocycles. The van der Waals surface area contributed by atoms with Crippen molar-refractivity contribution in [3.8, 4) is 5.75 Å². The van der Waals surface area contributed by atoms with Crippen LogP contribution >= 0.6 is 0 Å². The minimum absolute atomic E-state index is 0.00662. The molecule has 0 radical (unpaired) electrons. The number of carbonyl (C=O) groups is 3. The van der Waals surface area contributed by atoms with Crippen molar-refractivity contribution in [3.63, 3.8) is 0 Å². The molecular weight excluding hydrogens is 360 g/mol. The lowest BCUT2D eigenvalue weighted by Gasteiger charge is -2.12. The van der Waals surface area contributed by atoms with Gasteiger partial charge in [-0.1, -0.05) is 12.1 Å². The van der Waals surface area contributed by atoms with Gasteiger partial charge in [0.1, 0.15) is 5.75 Å². The fourth-order valence-electron chi connectivity index (χ4n) is 2.48. The third-order valence-electron chi connectivity index (χ3n) is 3.83. The summed E-state index contributed by atoms with van der Waals surface area (Å²) in [5, 5.41) is 5.07. The van der Waals surface area contributed by atoms with E-state index in [-0.39, 0.29) is 30.7 Å². The highest BCUT2D eigenvalue weighted by Gasteiger charge is 2.28. The highest BCUT2D eigenvalue weighted by molar-refractivity contribution is 6.04. The Hall–Kier alpha value is -3.49. The summed E-state index contributed by atoms with van der Waals surface area (Å²) >= 11 is 0. The fraction of sp³-hybridized carbons (Fsp3) is 0.167. The second-order valence-corrected chi connectivity index (χ2v) is 5.69. The van der Waals surface area contributed by atoms with Gasteiger partial charge in [-0.15, -0.1) is 0 Å². The molecule has 0 saturated carbocycles. The van der Waals surface area contributed by atoms with Crippen molar-refractivity contribution in [2.45, 2.75) is 13.2 Å². The SMILES string of the molecule is O=C(Nc1ccc(OC(F)F)cc1)c1ccc(CN2C(=O)CNC2=O)cc1. The molecule has 0 unspecified atom stereocenters. The summed E-state index contributed by atoms with van der Waals surface area (Å²) in [6.07, 6.45) is 0. The third kappa shape index (κ3) is 4.57. The van der Waals surface area contributed by atoms with Gasteiger partial charge >= 0.3 is 12.6 Å². The maximum Gasteiger partial charge on any atom is 0.387 e. The quantitative estimate of drug-likeness (QED) is 0.760. The second-order valence-electron chi connectivity index (χ2n) is 5.69. The van der Waals surface area contributed by atoms with Crippen LogP contribution in [0.25, 0.3) is 0 Å². The number of ether oxygens (including phenoxy) is 1. The Kier molecular flexibility index (Phi) is 5.30. The van der Waals surface area contributed by atoms with Crippen molar-refractivity contribution in [1.29, 1.82) is 0 Å². The molecule has 0 atom stereocenters. The average Bonchev–Trinajstić information content (AvgIpc) is 2.95. The van der Waals surface area contributed by atoms with E-state index in [2.05, 4.69) is 15.4 Å². The standard InChI is InChI=1S/C18H15F2N3O4/c19-17(20)27-14-7-5-13(6-8-14)22-16(25)12-3-1-11(2-4-12)10-23-15(24)9-21-18(23)26/h1-8,17H,9-10H2,(H,21,26)(H,22,25). The molecule has 1 heterocycles. The van der Waals surface area contributed by atoms with Crippen LogP contribution in [0.1, 0.15) is 15.9 Å². The van der Waals surface area contributed by atoms with Crippen molar-refractivity contribution >= 4 is 23.5 Å². The molecule has 0 aliphatic carbocycles. The summed E-state index contributed by atoms with van der Waals surface area (Å²) in [7, 11) is 0. The number of nitrogens with zero attached hydrogens (tertiary/aromatic N) is 1. The molecule has 27 heavy (non-hydrogen) atoms. The number of hydrogen-bond donors (Lipinski definition) is 2. The van der Waals surface area contributed by atoms with E-state index in [0.717, 1.165) is 4.90 Å². The van der Waals surface area contributed by atoms with Crippen LogP contribution in [0.3, 0.4) is 0 Å². The molecule has 1 fully saturated rings. The predicted molar refractivity (Wildman–Crippen MR) is 91.4 cm³/mol. The van der Waals surface area contributed by atoms with Crippen LogP contribution in [-0.2, 0) is 11.3 Å². The summed E-state index contributed by atoms with van der Waals surface area (Å²) in [6, 6.07) is 11.5. The molecule has 2 N–H and O–H groups in total. The van der Waals surface area contributed by atoms with E-state index >= 15 is 0 Å². The van der Waals surface area contributed by atoms with Gasteiger partial charge in [0.15, 0.2) is 0 Å². The van der Waals surface area contributed by atoms with Crippen molar-refractivity contribution in [3.05, 3.63) is 59.7 Å². The molecule has 1 aliphatic heterocycles. The number of amides is 4. The van der Waals surface area contributed by atoms with Gasteiger partial charge in [0.05, 0.1) is 13.1 Å². The minimum atomic E-state index is -2.91. The average molecular weight is 375 g/mol. The molecule has 1 aliphatic rings. The Labute approximate surface area is 152 Å². The van der Waals surface area contributed by atoms with Gasteiger partial charge < -0.3 is 15.4 Å². The third-order valence-corrected chi connectivity index (χ3v) is 3.83. The summed E-state index contributed by atoms with van der Waals surface area (Å²) in [6.45, 7) is -2.80. The number of nitrogens with one attached hydrogen (secondary N) is 2. The molecule has 4 amide bonds. The van der Waals surface area contributed by atoms with Crippen LogP contribution < -0.4 is 15.4 Å². The summed E-state index contributed by atoms with van der Waals surface area (Å²) in [4.78, 5) is 36.4. The molecule has 0 spiro atoms. The van der Waals surface area contributed by atoms with Gasteiger partial charge in [-0.2, -0.15) is 8.78 Å². The van der Waals surface area contributed by atoms with Gasteiger partial charge in [-0.05, 0) is 42.0 Å². The first-order valence-corrected chi connectivity index (χ1v) is 7.96. The number of imide groups is 1. The Morgan fingerprint density at radius 1 is 1.11 bits per heavy atom. The molecule has 9 heteroatoms. The smallest absolute Gasteiger partial charge is 0.387 e. The van der Waals surface area contributed by atoms with Gasteiger partial charge in [0.25, 0.3) is 5.91 Å². The van der Waals surface area contributed by atoms with Crippen LogP contribution in [0.4, 0.5) is 19.3 Å². The zero-order valence-electron chi connectivity index (χ0n) is 13.9. The van der Waals surface area contributed by atoms with Crippen LogP contribution in [0.2, 0.25) is 0 Å². The molecular formula is C18H15F2N3O4. The van der Waals surface area contributed by atoms with Crippen molar-refractivity contribution in [1.82, 2.24) is 10.2 Å². The van der Waals surface area contributed by atoms with E-state index in [0.29, 0.717) is 16.8 Å². The van der Waals surface area contributed by atoms with E-state index in [4.69, 9.17) is 0 Å². The summed E-state index contributed by atoms with van der Waals surface area (Å²) in [5.74, 6) is -0.701. The Morgan fingerprint density at radius 3 is 2.33 bits per heavy atom. The lowest BCUT2D eigenvalue weighted by molar-refractivity contribution is -0.125.